The van der Waals surface area contributed by atoms with Gasteiger partial charge in [-0.15, -0.1) is 11.3 Å². The minimum atomic E-state index is 0.435. The number of nitrogens with one attached hydrogen (secondary N) is 1. The van der Waals surface area contributed by atoms with E-state index in [0.29, 0.717) is 6.04 Å². The largest absolute Gasteiger partial charge is 0.354 e. The molecule has 0 amide bonds. The van der Waals surface area contributed by atoms with Gasteiger partial charge in [-0.25, -0.2) is 0 Å². The van der Waals surface area contributed by atoms with Crippen LogP contribution in [0.1, 0.15) is 29.3 Å². The molecule has 5 heteroatoms. The Labute approximate surface area is 155 Å². The first-order valence-electron chi connectivity index (χ1n) is 9.01. The first kappa shape index (κ1) is 18.0. The molecule has 1 N–H and O–H groups in total. The van der Waals surface area contributed by atoms with Gasteiger partial charge >= 0.3 is 0 Å². The number of nitrogens with zero attached hydrogens (tertiary/aromatic N) is 3. The van der Waals surface area contributed by atoms with Gasteiger partial charge in [0.15, 0.2) is 5.96 Å². The lowest BCUT2D eigenvalue weighted by Crippen LogP contribution is -2.43. The molecule has 1 fully saturated rings. The molecule has 2 heterocycles. The van der Waals surface area contributed by atoms with Gasteiger partial charge in [-0.1, -0.05) is 36.4 Å². The minimum Gasteiger partial charge on any atom is -0.354 e. The highest BCUT2D eigenvalue weighted by Gasteiger charge is 2.24. The first-order chi connectivity index (χ1) is 12.3. The second kappa shape index (κ2) is 9.02. The maximum absolute atomic E-state index is 4.48. The molecule has 1 unspecified atom stereocenters. The van der Waals surface area contributed by atoms with Gasteiger partial charge in [-0.05, 0) is 42.9 Å². The molecular weight excluding hydrogens is 328 g/mol. The number of rotatable bonds is 6. The van der Waals surface area contributed by atoms with E-state index < -0.39 is 0 Å². The second-order valence-corrected chi connectivity index (χ2v) is 7.52. The Hall–Kier alpha value is -1.85. The van der Waals surface area contributed by atoms with E-state index >= 15 is 0 Å². The minimum absolute atomic E-state index is 0.435. The zero-order valence-corrected chi connectivity index (χ0v) is 16.0. The Kier molecular flexibility index (Phi) is 6.48. The smallest absolute Gasteiger partial charge is 0.193 e. The third-order valence-corrected chi connectivity index (χ3v) is 5.72. The second-order valence-electron chi connectivity index (χ2n) is 6.54. The molecule has 0 spiro atoms. The SMILES string of the molecule is CN=C(NCC(c1cccs1)N1CCCC1)N(C)Cc1ccccc1. The fourth-order valence-corrected chi connectivity index (χ4v) is 4.31. The monoisotopic (exact) mass is 356 g/mol. The van der Waals surface area contributed by atoms with Gasteiger partial charge in [0.2, 0.25) is 0 Å². The number of thiophene rings is 1. The van der Waals surface area contributed by atoms with Crippen LogP contribution in [0.2, 0.25) is 0 Å². The summed E-state index contributed by atoms with van der Waals surface area (Å²) >= 11 is 1.85. The summed E-state index contributed by atoms with van der Waals surface area (Å²) in [5.41, 5.74) is 1.29. The van der Waals surface area contributed by atoms with Gasteiger partial charge < -0.3 is 10.2 Å². The Morgan fingerprint density at radius 1 is 1.20 bits per heavy atom. The van der Waals surface area contributed by atoms with Crippen LogP contribution in [0.15, 0.2) is 52.8 Å². The van der Waals surface area contributed by atoms with E-state index in [2.05, 4.69) is 75.0 Å². The van der Waals surface area contributed by atoms with Crippen LogP contribution in [0.5, 0.6) is 0 Å². The summed E-state index contributed by atoms with van der Waals surface area (Å²) in [4.78, 5) is 10.7. The molecule has 0 saturated carbocycles. The van der Waals surface area contributed by atoms with Crippen LogP contribution >= 0.6 is 11.3 Å². The molecule has 25 heavy (non-hydrogen) atoms. The van der Waals surface area contributed by atoms with Crippen LogP contribution in [0.3, 0.4) is 0 Å². The molecule has 134 valence electrons. The van der Waals surface area contributed by atoms with E-state index in [1.54, 1.807) is 0 Å². The van der Waals surface area contributed by atoms with Crippen LogP contribution in [0, 0.1) is 0 Å². The summed E-state index contributed by atoms with van der Waals surface area (Å²) in [6.07, 6.45) is 2.62. The summed E-state index contributed by atoms with van der Waals surface area (Å²) < 4.78 is 0. The fraction of sp³-hybridized carbons (Fsp3) is 0.450. The third-order valence-electron chi connectivity index (χ3n) is 4.74. The summed E-state index contributed by atoms with van der Waals surface area (Å²) in [5.74, 6) is 0.949. The van der Waals surface area contributed by atoms with Crippen molar-refractivity contribution in [3.63, 3.8) is 0 Å². The van der Waals surface area contributed by atoms with Crippen molar-refractivity contribution in [1.82, 2.24) is 15.1 Å². The lowest BCUT2D eigenvalue weighted by atomic mass is 10.2. The topological polar surface area (TPSA) is 30.9 Å². The zero-order valence-electron chi connectivity index (χ0n) is 15.2. The molecule has 1 aromatic heterocycles. The number of guanidine groups is 1. The van der Waals surface area contributed by atoms with Crippen molar-refractivity contribution in [3.8, 4) is 0 Å². The van der Waals surface area contributed by atoms with E-state index in [0.717, 1.165) is 19.0 Å². The van der Waals surface area contributed by atoms with Gasteiger partial charge in [0.25, 0.3) is 0 Å². The summed E-state index contributed by atoms with van der Waals surface area (Å²) in [6.45, 7) is 4.14. The maximum atomic E-state index is 4.48. The van der Waals surface area contributed by atoms with Crippen molar-refractivity contribution in [1.29, 1.82) is 0 Å². The third kappa shape index (κ3) is 4.83. The van der Waals surface area contributed by atoms with E-state index in [-0.39, 0.29) is 0 Å². The zero-order chi connectivity index (χ0) is 17.5. The Bertz CT molecular complexity index is 648. The molecule has 0 radical (unpaired) electrons. The van der Waals surface area contributed by atoms with Crippen LogP contribution in [0.4, 0.5) is 0 Å². The van der Waals surface area contributed by atoms with Crippen molar-refractivity contribution >= 4 is 17.3 Å². The molecule has 0 aliphatic carbocycles. The summed E-state index contributed by atoms with van der Waals surface area (Å²) in [5, 5.41) is 5.77. The van der Waals surface area contributed by atoms with Crippen LogP contribution < -0.4 is 5.32 Å². The van der Waals surface area contributed by atoms with E-state index in [9.17, 15) is 0 Å². The van der Waals surface area contributed by atoms with Crippen molar-refractivity contribution < 1.29 is 0 Å². The Morgan fingerprint density at radius 2 is 1.96 bits per heavy atom. The highest BCUT2D eigenvalue weighted by molar-refractivity contribution is 7.10. The Balaban J connectivity index is 1.62. The average Bonchev–Trinajstić information content (AvgIpc) is 3.34. The summed E-state index contributed by atoms with van der Waals surface area (Å²) in [7, 11) is 3.96. The van der Waals surface area contributed by atoms with E-state index in [1.165, 1.54) is 36.4 Å². The molecule has 0 bridgehead atoms. The van der Waals surface area contributed by atoms with Gasteiger partial charge in [0, 0.05) is 32.1 Å². The van der Waals surface area contributed by atoms with Crippen molar-refractivity contribution in [3.05, 3.63) is 58.3 Å². The van der Waals surface area contributed by atoms with Crippen molar-refractivity contribution in [2.75, 3.05) is 33.7 Å². The number of hydrogen-bond acceptors (Lipinski definition) is 3. The highest BCUT2D eigenvalue weighted by Crippen LogP contribution is 2.27. The fourth-order valence-electron chi connectivity index (χ4n) is 3.45. The van der Waals surface area contributed by atoms with Crippen LogP contribution in [-0.4, -0.2) is 49.5 Å². The predicted octanol–water partition coefficient (Wildman–Crippen LogP) is 3.59. The average molecular weight is 357 g/mol. The van der Waals surface area contributed by atoms with E-state index in [1.807, 2.05) is 18.4 Å². The van der Waals surface area contributed by atoms with Crippen molar-refractivity contribution in [2.45, 2.75) is 25.4 Å². The van der Waals surface area contributed by atoms with Gasteiger partial charge in [-0.2, -0.15) is 0 Å². The normalized spacial score (nSPS) is 16.8. The first-order valence-corrected chi connectivity index (χ1v) is 9.89. The molecule has 1 aliphatic heterocycles. The molecule has 1 saturated heterocycles. The van der Waals surface area contributed by atoms with Gasteiger partial charge in [0.1, 0.15) is 0 Å². The number of hydrogen-bond donors (Lipinski definition) is 1. The quantitative estimate of drug-likeness (QED) is 0.634. The summed E-state index contributed by atoms with van der Waals surface area (Å²) in [6, 6.07) is 15.4. The van der Waals surface area contributed by atoms with Crippen LogP contribution in [0.25, 0.3) is 0 Å². The van der Waals surface area contributed by atoms with Crippen LogP contribution in [-0.2, 0) is 6.54 Å². The molecule has 1 aliphatic rings. The van der Waals surface area contributed by atoms with E-state index in [4.69, 9.17) is 0 Å². The molecule has 4 nitrogen and oxygen atoms in total. The maximum Gasteiger partial charge on any atom is 0.193 e. The number of aliphatic imine (C=N–C) groups is 1. The Morgan fingerprint density at radius 3 is 2.60 bits per heavy atom. The molecular formula is C20H28N4S. The predicted molar refractivity (Wildman–Crippen MR) is 107 cm³/mol. The highest BCUT2D eigenvalue weighted by atomic mass is 32.1. The molecule has 1 atom stereocenters. The van der Waals surface area contributed by atoms with Gasteiger partial charge in [0.05, 0.1) is 6.04 Å². The number of likely N-dealkylation sites (tertiary alicyclic amines) is 1. The number of benzene rings is 1. The lowest BCUT2D eigenvalue weighted by molar-refractivity contribution is 0.247. The van der Waals surface area contributed by atoms with Crippen molar-refractivity contribution in [2.24, 2.45) is 4.99 Å². The standard InChI is InChI=1S/C20H28N4S/c1-21-20(23(2)16-17-9-4-3-5-10-17)22-15-18(19-11-8-14-25-19)24-12-6-7-13-24/h3-5,8-11,14,18H,6-7,12-13,15-16H2,1-2H3,(H,21,22). The lowest BCUT2D eigenvalue weighted by Gasteiger charge is -2.29. The molecule has 1 aromatic carbocycles. The molecule has 3 rings (SSSR count). The van der Waals surface area contributed by atoms with Gasteiger partial charge in [-0.3, -0.25) is 9.89 Å². The molecule has 2 aromatic rings.